The lowest BCUT2D eigenvalue weighted by molar-refractivity contribution is 1.16. The fourth-order valence-electron chi connectivity index (χ4n) is 2.00. The third kappa shape index (κ3) is 3.04. The van der Waals surface area contributed by atoms with Crippen LogP contribution in [0.15, 0.2) is 36.5 Å². The number of aromatic nitrogens is 3. The van der Waals surface area contributed by atoms with Crippen molar-refractivity contribution in [2.75, 3.05) is 5.32 Å². The van der Waals surface area contributed by atoms with E-state index in [0.717, 1.165) is 27.0 Å². The van der Waals surface area contributed by atoms with Crippen LogP contribution in [0.4, 0.5) is 11.6 Å². The molecule has 0 spiro atoms. The van der Waals surface area contributed by atoms with Crippen molar-refractivity contribution in [3.8, 4) is 10.6 Å². The first-order valence-corrected chi connectivity index (χ1v) is 7.62. The van der Waals surface area contributed by atoms with Crippen molar-refractivity contribution in [2.24, 2.45) is 0 Å². The molecule has 0 aliphatic carbocycles. The largest absolute Gasteiger partial charge is 0.323 e. The molecule has 0 amide bonds. The second-order valence-electron chi connectivity index (χ2n) is 4.52. The molecule has 0 radical (unpaired) electrons. The van der Waals surface area contributed by atoms with Gasteiger partial charge in [-0.15, -0.1) is 11.3 Å². The van der Waals surface area contributed by atoms with Crippen molar-refractivity contribution in [3.05, 3.63) is 52.3 Å². The van der Waals surface area contributed by atoms with E-state index in [9.17, 15) is 0 Å². The molecule has 21 heavy (non-hydrogen) atoms. The van der Waals surface area contributed by atoms with Gasteiger partial charge in [0.1, 0.15) is 0 Å². The Morgan fingerprint density at radius 3 is 2.62 bits per heavy atom. The highest BCUT2D eigenvalue weighted by Gasteiger charge is 2.10. The van der Waals surface area contributed by atoms with Crippen molar-refractivity contribution in [1.29, 1.82) is 0 Å². The van der Waals surface area contributed by atoms with Crippen LogP contribution in [0, 0.1) is 13.8 Å². The molecule has 0 bridgehead atoms. The number of thiazole rings is 1. The van der Waals surface area contributed by atoms with Gasteiger partial charge in [0.2, 0.25) is 5.95 Å². The number of nitrogens with one attached hydrogen (secondary N) is 1. The molecule has 6 heteroatoms. The first-order valence-electron chi connectivity index (χ1n) is 6.42. The Hall–Kier alpha value is -1.98. The number of para-hydroxylation sites is 1. The number of aryl methyl sites for hydroxylation is 2. The van der Waals surface area contributed by atoms with Gasteiger partial charge in [0, 0.05) is 6.20 Å². The van der Waals surface area contributed by atoms with Crippen LogP contribution >= 0.6 is 22.9 Å². The maximum Gasteiger partial charge on any atom is 0.227 e. The zero-order valence-electron chi connectivity index (χ0n) is 11.6. The third-order valence-electron chi connectivity index (χ3n) is 2.91. The number of anilines is 2. The van der Waals surface area contributed by atoms with E-state index in [4.69, 9.17) is 11.6 Å². The highest BCUT2D eigenvalue weighted by molar-refractivity contribution is 7.15. The first-order chi connectivity index (χ1) is 10.1. The van der Waals surface area contributed by atoms with Gasteiger partial charge in [0.15, 0.2) is 0 Å². The summed E-state index contributed by atoms with van der Waals surface area (Å²) in [6, 6.07) is 9.39. The lowest BCUT2D eigenvalue weighted by atomic mass is 10.3. The molecule has 106 valence electrons. The fraction of sp³-hybridized carbons (Fsp3) is 0.133. The van der Waals surface area contributed by atoms with Crippen molar-refractivity contribution in [1.82, 2.24) is 15.0 Å². The average Bonchev–Trinajstić information content (AvgIpc) is 2.81. The summed E-state index contributed by atoms with van der Waals surface area (Å²) in [5.74, 6) is 0.519. The van der Waals surface area contributed by atoms with E-state index in [1.165, 1.54) is 0 Å². The van der Waals surface area contributed by atoms with Crippen LogP contribution in [0.2, 0.25) is 5.02 Å². The van der Waals surface area contributed by atoms with Crippen LogP contribution in [0.1, 0.15) is 10.7 Å². The maximum absolute atomic E-state index is 6.13. The summed E-state index contributed by atoms with van der Waals surface area (Å²) in [7, 11) is 0. The van der Waals surface area contributed by atoms with E-state index in [1.54, 1.807) is 17.5 Å². The Balaban J connectivity index is 1.94. The zero-order valence-corrected chi connectivity index (χ0v) is 13.2. The van der Waals surface area contributed by atoms with Crippen molar-refractivity contribution >= 4 is 34.6 Å². The van der Waals surface area contributed by atoms with Gasteiger partial charge in [-0.2, -0.15) is 0 Å². The number of halogens is 1. The molecule has 0 unspecified atom stereocenters. The summed E-state index contributed by atoms with van der Waals surface area (Å²) in [4.78, 5) is 14.3. The topological polar surface area (TPSA) is 50.7 Å². The number of hydrogen-bond acceptors (Lipinski definition) is 5. The highest BCUT2D eigenvalue weighted by Crippen LogP contribution is 2.29. The van der Waals surface area contributed by atoms with Crippen LogP contribution in [-0.2, 0) is 0 Å². The lowest BCUT2D eigenvalue weighted by Crippen LogP contribution is -1.98. The van der Waals surface area contributed by atoms with E-state index in [0.29, 0.717) is 11.0 Å². The monoisotopic (exact) mass is 316 g/mol. The molecular weight excluding hydrogens is 304 g/mol. The minimum Gasteiger partial charge on any atom is -0.323 e. The van der Waals surface area contributed by atoms with Gasteiger partial charge in [-0.25, -0.2) is 15.0 Å². The Morgan fingerprint density at radius 2 is 1.90 bits per heavy atom. The summed E-state index contributed by atoms with van der Waals surface area (Å²) in [5, 5.41) is 4.80. The zero-order chi connectivity index (χ0) is 14.8. The molecule has 0 saturated heterocycles. The average molecular weight is 317 g/mol. The van der Waals surface area contributed by atoms with E-state index in [2.05, 4.69) is 20.3 Å². The first kappa shape index (κ1) is 14.0. The van der Waals surface area contributed by atoms with Gasteiger partial charge >= 0.3 is 0 Å². The number of rotatable bonds is 3. The predicted octanol–water partition coefficient (Wildman–Crippen LogP) is 4.61. The molecule has 0 aliphatic rings. The highest BCUT2D eigenvalue weighted by atomic mass is 35.5. The molecule has 2 aromatic heterocycles. The van der Waals surface area contributed by atoms with Gasteiger partial charge in [0.25, 0.3) is 0 Å². The molecule has 3 rings (SSSR count). The molecule has 4 nitrogen and oxygen atoms in total. The van der Waals surface area contributed by atoms with Gasteiger partial charge in [-0.05, 0) is 32.0 Å². The minimum absolute atomic E-state index is 0.519. The smallest absolute Gasteiger partial charge is 0.227 e. The Kier molecular flexibility index (Phi) is 3.86. The quantitative estimate of drug-likeness (QED) is 0.766. The van der Waals surface area contributed by atoms with Crippen molar-refractivity contribution < 1.29 is 0 Å². The SMILES string of the molecule is Cc1nc(C)c(-c2ccnc(Nc3ccccc3Cl)n2)s1. The Labute approximate surface area is 131 Å². The second-order valence-corrected chi connectivity index (χ2v) is 6.13. The lowest BCUT2D eigenvalue weighted by Gasteiger charge is -2.07. The third-order valence-corrected chi connectivity index (χ3v) is 4.34. The summed E-state index contributed by atoms with van der Waals surface area (Å²) in [6.45, 7) is 3.98. The van der Waals surface area contributed by atoms with Crippen molar-refractivity contribution in [2.45, 2.75) is 13.8 Å². The van der Waals surface area contributed by atoms with Gasteiger partial charge in [-0.1, -0.05) is 23.7 Å². The summed E-state index contributed by atoms with van der Waals surface area (Å²) in [6.07, 6.45) is 1.73. The molecular formula is C15H13ClN4S. The normalized spacial score (nSPS) is 10.6. The Morgan fingerprint density at radius 1 is 1.10 bits per heavy atom. The van der Waals surface area contributed by atoms with E-state index in [1.807, 2.05) is 44.2 Å². The molecule has 1 aromatic carbocycles. The number of hydrogen-bond donors (Lipinski definition) is 1. The molecule has 2 heterocycles. The Bertz CT molecular complexity index is 785. The van der Waals surface area contributed by atoms with Gasteiger partial charge in [-0.3, -0.25) is 0 Å². The second kappa shape index (κ2) is 5.79. The minimum atomic E-state index is 0.519. The molecule has 0 fully saturated rings. The van der Waals surface area contributed by atoms with Gasteiger partial charge < -0.3 is 5.32 Å². The van der Waals surface area contributed by atoms with Crippen molar-refractivity contribution in [3.63, 3.8) is 0 Å². The number of benzene rings is 1. The number of nitrogens with zero attached hydrogens (tertiary/aromatic N) is 3. The van der Waals surface area contributed by atoms with E-state index >= 15 is 0 Å². The van der Waals surface area contributed by atoms with Crippen LogP contribution in [-0.4, -0.2) is 15.0 Å². The van der Waals surface area contributed by atoms with E-state index in [-0.39, 0.29) is 0 Å². The maximum atomic E-state index is 6.13. The predicted molar refractivity (Wildman–Crippen MR) is 87.3 cm³/mol. The molecule has 1 N–H and O–H groups in total. The molecule has 0 atom stereocenters. The molecule has 0 saturated carbocycles. The summed E-state index contributed by atoms with van der Waals surface area (Å²) < 4.78 is 0. The summed E-state index contributed by atoms with van der Waals surface area (Å²) >= 11 is 7.76. The summed E-state index contributed by atoms with van der Waals surface area (Å²) in [5.41, 5.74) is 2.64. The van der Waals surface area contributed by atoms with Crippen LogP contribution < -0.4 is 5.32 Å². The molecule has 0 aliphatic heterocycles. The van der Waals surface area contributed by atoms with Crippen LogP contribution in [0.25, 0.3) is 10.6 Å². The standard InChI is InChI=1S/C15H13ClN4S/c1-9-14(21-10(2)18-9)13-7-8-17-15(20-13)19-12-6-4-3-5-11(12)16/h3-8H,1-2H3,(H,17,19,20). The molecule has 3 aromatic rings. The fourth-order valence-corrected chi connectivity index (χ4v) is 3.07. The van der Waals surface area contributed by atoms with Crippen LogP contribution in [0.5, 0.6) is 0 Å². The van der Waals surface area contributed by atoms with Gasteiger partial charge in [0.05, 0.1) is 32.0 Å². The van der Waals surface area contributed by atoms with Crippen LogP contribution in [0.3, 0.4) is 0 Å². The van der Waals surface area contributed by atoms with E-state index < -0.39 is 0 Å².